The van der Waals surface area contributed by atoms with Crippen LogP contribution in [0.2, 0.25) is 0 Å². The molecule has 0 aliphatic carbocycles. The largest absolute Gasteiger partial charge is 0.497 e. The third-order valence-electron chi connectivity index (χ3n) is 2.65. The Hall–Kier alpha value is -2.17. The number of sulfone groups is 1. The number of benzene rings is 1. The molecule has 11 heteroatoms. The first kappa shape index (κ1) is 16.2. The van der Waals surface area contributed by atoms with Crippen molar-refractivity contribution in [1.82, 2.24) is 5.32 Å². The minimum absolute atomic E-state index is 0.0144. The number of carbonyl (C=O) groups is 1. The number of amides is 2. The lowest BCUT2D eigenvalue weighted by atomic mass is 10.3. The summed E-state index contributed by atoms with van der Waals surface area (Å²) in [6.07, 6.45) is 0. The number of hydrogen-bond acceptors (Lipinski definition) is 5. The third kappa shape index (κ3) is 3.53. The maximum atomic E-state index is 12.1. The molecule has 0 spiro atoms. The summed E-state index contributed by atoms with van der Waals surface area (Å²) in [6, 6.07) is 3.83. The number of fused-ring (bicyclic) bond motifs is 1. The summed E-state index contributed by atoms with van der Waals surface area (Å²) in [5, 5.41) is 4.36. The lowest BCUT2D eigenvalue weighted by Crippen LogP contribution is -2.36. The highest BCUT2D eigenvalue weighted by molar-refractivity contribution is 7.92. The molecule has 0 saturated carbocycles. The lowest BCUT2D eigenvalue weighted by molar-refractivity contribution is -0.0435. The molecule has 1 aliphatic heterocycles. The first-order valence-electron chi connectivity index (χ1n) is 5.93. The van der Waals surface area contributed by atoms with Gasteiger partial charge < -0.3 is 20.1 Å². The topological polar surface area (TPSA) is 93.7 Å². The summed E-state index contributed by atoms with van der Waals surface area (Å²) in [5.41, 5.74) is -5.08. The van der Waals surface area contributed by atoms with Crippen molar-refractivity contribution in [3.8, 4) is 11.5 Å². The Morgan fingerprint density at radius 2 is 2.00 bits per heavy atom. The van der Waals surface area contributed by atoms with Crippen LogP contribution in [0.3, 0.4) is 0 Å². The van der Waals surface area contributed by atoms with Gasteiger partial charge in [0.1, 0.15) is 0 Å². The summed E-state index contributed by atoms with van der Waals surface area (Å²) in [6.45, 7) is -0.695. The molecule has 0 unspecified atom stereocenters. The van der Waals surface area contributed by atoms with E-state index in [2.05, 4.69) is 5.32 Å². The standard InChI is InChI=1S/C11H11F3N2O5S/c12-11(13,14)22(18,19)5-4-15-10(17)16-7-2-1-3-8-9(7)21-6-20-8/h1-3H,4-6H2,(H2,15,16,17). The molecule has 1 aromatic rings. The number of nitrogens with one attached hydrogen (secondary N) is 2. The van der Waals surface area contributed by atoms with E-state index < -0.39 is 33.7 Å². The predicted molar refractivity (Wildman–Crippen MR) is 69.4 cm³/mol. The van der Waals surface area contributed by atoms with Gasteiger partial charge in [0.05, 0.1) is 11.4 Å². The van der Waals surface area contributed by atoms with Crippen molar-refractivity contribution < 1.29 is 35.9 Å². The van der Waals surface area contributed by atoms with Gasteiger partial charge in [-0.1, -0.05) is 6.07 Å². The van der Waals surface area contributed by atoms with Gasteiger partial charge >= 0.3 is 11.5 Å². The van der Waals surface area contributed by atoms with Crippen LogP contribution in [0.25, 0.3) is 0 Å². The van der Waals surface area contributed by atoms with Crippen LogP contribution in [-0.2, 0) is 9.84 Å². The van der Waals surface area contributed by atoms with Crippen LogP contribution >= 0.6 is 0 Å². The number of rotatable bonds is 4. The van der Waals surface area contributed by atoms with Gasteiger partial charge in [-0.05, 0) is 12.1 Å². The fourth-order valence-corrected chi connectivity index (χ4v) is 2.21. The molecular formula is C11H11F3N2O5S. The van der Waals surface area contributed by atoms with Gasteiger partial charge in [-0.15, -0.1) is 0 Å². The smallest absolute Gasteiger partial charge is 0.454 e. The Morgan fingerprint density at radius 1 is 1.27 bits per heavy atom. The SMILES string of the molecule is O=C(NCCS(=O)(=O)C(F)(F)F)Nc1cccc2c1OCO2. The fourth-order valence-electron chi connectivity index (χ4n) is 1.61. The number of halogens is 3. The Bertz CT molecular complexity index is 675. The molecule has 22 heavy (non-hydrogen) atoms. The van der Waals surface area contributed by atoms with E-state index in [0.29, 0.717) is 11.5 Å². The van der Waals surface area contributed by atoms with Gasteiger partial charge in [-0.25, -0.2) is 13.2 Å². The summed E-state index contributed by atoms with van der Waals surface area (Å²) in [5.74, 6) is -0.533. The molecule has 1 aromatic carbocycles. The molecule has 1 aliphatic rings. The summed E-state index contributed by atoms with van der Waals surface area (Å²) in [4.78, 5) is 11.6. The van der Waals surface area contributed by atoms with E-state index in [0.717, 1.165) is 0 Å². The Balaban J connectivity index is 1.89. The lowest BCUT2D eigenvalue weighted by Gasteiger charge is -2.11. The zero-order valence-corrected chi connectivity index (χ0v) is 11.8. The maximum Gasteiger partial charge on any atom is 0.497 e. The van der Waals surface area contributed by atoms with Crippen LogP contribution in [0.4, 0.5) is 23.7 Å². The fraction of sp³-hybridized carbons (Fsp3) is 0.364. The van der Waals surface area contributed by atoms with Crippen LogP contribution in [0.5, 0.6) is 11.5 Å². The van der Waals surface area contributed by atoms with Crippen LogP contribution in [-0.4, -0.2) is 39.0 Å². The Labute approximate surface area is 123 Å². The second kappa shape index (κ2) is 5.91. The zero-order valence-electron chi connectivity index (χ0n) is 10.9. The predicted octanol–water partition coefficient (Wildman–Crippen LogP) is 1.47. The van der Waals surface area contributed by atoms with Crippen molar-refractivity contribution >= 4 is 21.6 Å². The summed E-state index contributed by atoms with van der Waals surface area (Å²) >= 11 is 0. The highest BCUT2D eigenvalue weighted by Crippen LogP contribution is 2.38. The van der Waals surface area contributed by atoms with Gasteiger partial charge in [0.2, 0.25) is 16.6 Å². The van der Waals surface area contributed by atoms with Crippen molar-refractivity contribution in [2.24, 2.45) is 0 Å². The van der Waals surface area contributed by atoms with E-state index in [1.54, 1.807) is 12.1 Å². The summed E-state index contributed by atoms with van der Waals surface area (Å²) < 4.78 is 68.2. The number of anilines is 1. The number of alkyl halides is 3. The molecular weight excluding hydrogens is 329 g/mol. The minimum atomic E-state index is -5.34. The van der Waals surface area contributed by atoms with Crippen molar-refractivity contribution in [2.45, 2.75) is 5.51 Å². The average Bonchev–Trinajstić information content (AvgIpc) is 2.86. The molecule has 0 atom stereocenters. The monoisotopic (exact) mass is 340 g/mol. The van der Waals surface area contributed by atoms with Gasteiger partial charge in [0, 0.05) is 6.54 Å². The van der Waals surface area contributed by atoms with Gasteiger partial charge in [0.15, 0.2) is 11.5 Å². The summed E-state index contributed by atoms with van der Waals surface area (Å²) in [7, 11) is -5.26. The van der Waals surface area contributed by atoms with Crippen LogP contribution in [0, 0.1) is 0 Å². The molecule has 7 nitrogen and oxygen atoms in total. The highest BCUT2D eigenvalue weighted by atomic mass is 32.2. The molecule has 0 bridgehead atoms. The van der Waals surface area contributed by atoms with E-state index in [4.69, 9.17) is 9.47 Å². The third-order valence-corrected chi connectivity index (χ3v) is 4.10. The average molecular weight is 340 g/mol. The number of urea groups is 1. The van der Waals surface area contributed by atoms with E-state index in [9.17, 15) is 26.4 Å². The molecule has 0 saturated heterocycles. The van der Waals surface area contributed by atoms with E-state index in [1.807, 2.05) is 5.32 Å². The number of carbonyl (C=O) groups excluding carboxylic acids is 1. The van der Waals surface area contributed by atoms with Crippen molar-refractivity contribution in [3.63, 3.8) is 0 Å². The van der Waals surface area contributed by atoms with Crippen LogP contribution in [0.1, 0.15) is 0 Å². The number of hydrogen-bond donors (Lipinski definition) is 2. The quantitative estimate of drug-likeness (QED) is 0.866. The van der Waals surface area contributed by atoms with Crippen LogP contribution < -0.4 is 20.1 Å². The zero-order chi connectivity index (χ0) is 16.4. The molecule has 0 radical (unpaired) electrons. The second-order valence-electron chi connectivity index (χ2n) is 4.18. The van der Waals surface area contributed by atoms with Crippen molar-refractivity contribution in [3.05, 3.63) is 18.2 Å². The molecule has 122 valence electrons. The molecule has 0 fully saturated rings. The first-order valence-corrected chi connectivity index (χ1v) is 7.58. The van der Waals surface area contributed by atoms with Crippen molar-refractivity contribution in [2.75, 3.05) is 24.4 Å². The maximum absolute atomic E-state index is 12.1. The van der Waals surface area contributed by atoms with Crippen LogP contribution in [0.15, 0.2) is 18.2 Å². The number of ether oxygens (including phenoxy) is 2. The van der Waals surface area contributed by atoms with E-state index >= 15 is 0 Å². The van der Waals surface area contributed by atoms with E-state index in [-0.39, 0.29) is 12.5 Å². The Morgan fingerprint density at radius 3 is 2.68 bits per heavy atom. The van der Waals surface area contributed by atoms with E-state index in [1.165, 1.54) is 6.07 Å². The molecule has 2 rings (SSSR count). The Kier molecular flexibility index (Phi) is 4.35. The molecule has 2 amide bonds. The molecule has 1 heterocycles. The van der Waals surface area contributed by atoms with Gasteiger partial charge in [-0.3, -0.25) is 0 Å². The second-order valence-corrected chi connectivity index (χ2v) is 6.29. The number of para-hydroxylation sites is 1. The van der Waals surface area contributed by atoms with Crippen molar-refractivity contribution in [1.29, 1.82) is 0 Å². The normalized spacial score (nSPS) is 13.8. The minimum Gasteiger partial charge on any atom is -0.454 e. The molecule has 0 aromatic heterocycles. The molecule has 2 N–H and O–H groups in total. The van der Waals surface area contributed by atoms with Gasteiger partial charge in [-0.2, -0.15) is 13.2 Å². The first-order chi connectivity index (χ1) is 10.2. The highest BCUT2D eigenvalue weighted by Gasteiger charge is 2.44. The van der Waals surface area contributed by atoms with Gasteiger partial charge in [0.25, 0.3) is 0 Å².